The maximum absolute atomic E-state index is 9.42. The van der Waals surface area contributed by atoms with E-state index in [2.05, 4.69) is 11.9 Å². The molecular formula is C14H23NO2. The molecule has 0 aromatic heterocycles. The summed E-state index contributed by atoms with van der Waals surface area (Å²) < 4.78 is 0. The summed E-state index contributed by atoms with van der Waals surface area (Å²) in [5, 5.41) is 18.1. The van der Waals surface area contributed by atoms with Crippen LogP contribution in [-0.2, 0) is 0 Å². The molecule has 3 heteroatoms. The highest BCUT2D eigenvalue weighted by Crippen LogP contribution is 2.18. The lowest BCUT2D eigenvalue weighted by Crippen LogP contribution is -2.18. The number of rotatable bonds is 7. The second-order valence-electron chi connectivity index (χ2n) is 4.47. The van der Waals surface area contributed by atoms with E-state index in [1.807, 2.05) is 24.3 Å². The number of aliphatic hydroxyl groups excluding tert-OH is 2. The number of benzene rings is 1. The van der Waals surface area contributed by atoms with Gasteiger partial charge in [0, 0.05) is 25.9 Å². The van der Waals surface area contributed by atoms with E-state index < -0.39 is 6.10 Å². The molecule has 0 spiro atoms. The fourth-order valence-electron chi connectivity index (χ4n) is 1.77. The Hall–Kier alpha value is -1.06. The van der Waals surface area contributed by atoms with Crippen molar-refractivity contribution in [2.24, 2.45) is 0 Å². The first-order valence-corrected chi connectivity index (χ1v) is 6.25. The zero-order valence-electron chi connectivity index (χ0n) is 10.8. The average molecular weight is 237 g/mol. The van der Waals surface area contributed by atoms with Gasteiger partial charge in [-0.3, -0.25) is 0 Å². The van der Waals surface area contributed by atoms with Crippen LogP contribution in [0.3, 0.4) is 0 Å². The van der Waals surface area contributed by atoms with Crippen LogP contribution in [0, 0.1) is 0 Å². The van der Waals surface area contributed by atoms with Gasteiger partial charge in [0.15, 0.2) is 0 Å². The summed E-state index contributed by atoms with van der Waals surface area (Å²) in [5.74, 6) is 0. The fourth-order valence-corrected chi connectivity index (χ4v) is 1.77. The molecule has 17 heavy (non-hydrogen) atoms. The molecule has 1 atom stereocenters. The van der Waals surface area contributed by atoms with Gasteiger partial charge in [-0.15, -0.1) is 0 Å². The van der Waals surface area contributed by atoms with E-state index in [9.17, 15) is 5.11 Å². The SMILES string of the molecule is C[C@H](O)c1ccc(N(C)CCCCCO)cc1. The van der Waals surface area contributed by atoms with Crippen molar-refractivity contribution in [3.63, 3.8) is 0 Å². The molecule has 1 aromatic rings. The highest BCUT2D eigenvalue weighted by atomic mass is 16.3. The molecule has 2 N–H and O–H groups in total. The first-order valence-electron chi connectivity index (χ1n) is 6.25. The molecule has 0 saturated heterocycles. The molecule has 0 unspecified atom stereocenters. The maximum Gasteiger partial charge on any atom is 0.0761 e. The van der Waals surface area contributed by atoms with Crippen LogP contribution in [0.5, 0.6) is 0 Å². The monoisotopic (exact) mass is 237 g/mol. The van der Waals surface area contributed by atoms with Gasteiger partial charge >= 0.3 is 0 Å². The number of nitrogens with zero attached hydrogens (tertiary/aromatic N) is 1. The minimum atomic E-state index is -0.404. The number of anilines is 1. The van der Waals surface area contributed by atoms with Gasteiger partial charge in [0.25, 0.3) is 0 Å². The summed E-state index contributed by atoms with van der Waals surface area (Å²) in [4.78, 5) is 2.20. The first kappa shape index (κ1) is 14.0. The zero-order valence-corrected chi connectivity index (χ0v) is 10.8. The van der Waals surface area contributed by atoms with Crippen LogP contribution in [-0.4, -0.2) is 30.4 Å². The Balaban J connectivity index is 2.43. The molecule has 0 radical (unpaired) electrons. The Bertz CT molecular complexity index is 309. The summed E-state index contributed by atoms with van der Waals surface area (Å²) in [6, 6.07) is 8.00. The number of hydrogen-bond donors (Lipinski definition) is 2. The van der Waals surface area contributed by atoms with Gasteiger partial charge in [-0.2, -0.15) is 0 Å². The quantitative estimate of drug-likeness (QED) is 0.715. The predicted octanol–water partition coefficient (Wildman–Crippen LogP) is 2.34. The third-order valence-corrected chi connectivity index (χ3v) is 2.97. The number of hydrogen-bond acceptors (Lipinski definition) is 3. The third kappa shape index (κ3) is 4.75. The lowest BCUT2D eigenvalue weighted by atomic mass is 10.1. The molecule has 0 fully saturated rings. The summed E-state index contributed by atoms with van der Waals surface area (Å²) in [7, 11) is 2.07. The highest BCUT2D eigenvalue weighted by molar-refractivity contribution is 5.47. The van der Waals surface area contributed by atoms with Crippen molar-refractivity contribution < 1.29 is 10.2 Å². The van der Waals surface area contributed by atoms with Crippen LogP contribution in [0.1, 0.15) is 37.9 Å². The maximum atomic E-state index is 9.42. The van der Waals surface area contributed by atoms with Crippen molar-refractivity contribution in [3.8, 4) is 0 Å². The Morgan fingerprint density at radius 2 is 1.76 bits per heavy atom. The van der Waals surface area contributed by atoms with Gasteiger partial charge in [0.2, 0.25) is 0 Å². The molecule has 3 nitrogen and oxygen atoms in total. The van der Waals surface area contributed by atoms with Gasteiger partial charge in [0.05, 0.1) is 6.10 Å². The van der Waals surface area contributed by atoms with Crippen molar-refractivity contribution in [2.75, 3.05) is 25.1 Å². The van der Waals surface area contributed by atoms with Crippen molar-refractivity contribution in [2.45, 2.75) is 32.3 Å². The van der Waals surface area contributed by atoms with Crippen LogP contribution < -0.4 is 4.90 Å². The van der Waals surface area contributed by atoms with E-state index >= 15 is 0 Å². The summed E-state index contributed by atoms with van der Waals surface area (Å²) in [6.45, 7) is 3.05. The Labute approximate surface area is 104 Å². The van der Waals surface area contributed by atoms with Crippen LogP contribution in [0.25, 0.3) is 0 Å². The molecule has 1 rings (SSSR count). The van der Waals surface area contributed by atoms with E-state index in [0.29, 0.717) is 0 Å². The van der Waals surface area contributed by atoms with Crippen LogP contribution in [0.2, 0.25) is 0 Å². The van der Waals surface area contributed by atoms with E-state index in [4.69, 9.17) is 5.11 Å². The van der Waals surface area contributed by atoms with Crippen molar-refractivity contribution in [1.82, 2.24) is 0 Å². The van der Waals surface area contributed by atoms with Gasteiger partial charge in [-0.25, -0.2) is 0 Å². The molecule has 0 aliphatic heterocycles. The van der Waals surface area contributed by atoms with Gasteiger partial charge in [-0.1, -0.05) is 12.1 Å². The van der Waals surface area contributed by atoms with E-state index in [1.165, 1.54) is 5.69 Å². The van der Waals surface area contributed by atoms with Crippen molar-refractivity contribution in [1.29, 1.82) is 0 Å². The summed E-state index contributed by atoms with van der Waals surface area (Å²) in [5.41, 5.74) is 2.11. The van der Waals surface area contributed by atoms with Crippen LogP contribution in [0.4, 0.5) is 5.69 Å². The first-order chi connectivity index (χ1) is 8.15. The molecule has 0 aliphatic rings. The van der Waals surface area contributed by atoms with Gasteiger partial charge < -0.3 is 15.1 Å². The van der Waals surface area contributed by atoms with E-state index in [0.717, 1.165) is 31.4 Å². The fraction of sp³-hybridized carbons (Fsp3) is 0.571. The second-order valence-corrected chi connectivity index (χ2v) is 4.47. The number of aliphatic hydroxyl groups is 2. The topological polar surface area (TPSA) is 43.7 Å². The molecule has 0 saturated carbocycles. The lowest BCUT2D eigenvalue weighted by Gasteiger charge is -2.19. The molecule has 0 amide bonds. The Morgan fingerprint density at radius 1 is 1.12 bits per heavy atom. The van der Waals surface area contributed by atoms with Gasteiger partial charge in [0.1, 0.15) is 0 Å². The predicted molar refractivity (Wildman–Crippen MR) is 71.3 cm³/mol. The molecule has 96 valence electrons. The normalized spacial score (nSPS) is 12.5. The highest BCUT2D eigenvalue weighted by Gasteiger charge is 2.03. The molecule has 0 aliphatic carbocycles. The smallest absolute Gasteiger partial charge is 0.0761 e. The second kappa shape index (κ2) is 7.30. The molecule has 0 heterocycles. The largest absolute Gasteiger partial charge is 0.396 e. The Kier molecular flexibility index (Phi) is 6.01. The Morgan fingerprint density at radius 3 is 2.29 bits per heavy atom. The molecule has 1 aromatic carbocycles. The number of unbranched alkanes of at least 4 members (excludes halogenated alkanes) is 2. The zero-order chi connectivity index (χ0) is 12.7. The minimum absolute atomic E-state index is 0.285. The lowest BCUT2D eigenvalue weighted by molar-refractivity contribution is 0.199. The molecular weight excluding hydrogens is 214 g/mol. The van der Waals surface area contributed by atoms with Crippen LogP contribution in [0.15, 0.2) is 24.3 Å². The third-order valence-electron chi connectivity index (χ3n) is 2.97. The average Bonchev–Trinajstić information content (AvgIpc) is 2.34. The van der Waals surface area contributed by atoms with Crippen molar-refractivity contribution >= 4 is 5.69 Å². The van der Waals surface area contributed by atoms with Gasteiger partial charge in [-0.05, 0) is 43.9 Å². The van der Waals surface area contributed by atoms with Crippen LogP contribution >= 0.6 is 0 Å². The minimum Gasteiger partial charge on any atom is -0.396 e. The summed E-state index contributed by atoms with van der Waals surface area (Å²) >= 11 is 0. The summed E-state index contributed by atoms with van der Waals surface area (Å²) in [6.07, 6.45) is 2.63. The molecule has 0 bridgehead atoms. The van der Waals surface area contributed by atoms with E-state index in [1.54, 1.807) is 6.92 Å². The van der Waals surface area contributed by atoms with E-state index in [-0.39, 0.29) is 6.61 Å². The standard InChI is InChI=1S/C14H23NO2/c1-12(17)13-6-8-14(9-7-13)15(2)10-4-3-5-11-16/h6-9,12,16-17H,3-5,10-11H2,1-2H3/t12-/m0/s1. The van der Waals surface area contributed by atoms with Crippen molar-refractivity contribution in [3.05, 3.63) is 29.8 Å².